The minimum absolute atomic E-state index is 0.0384. The molecule has 0 atom stereocenters. The molecule has 11 nitrogen and oxygen atoms in total. The molecule has 0 saturated carbocycles. The third-order valence-corrected chi connectivity index (χ3v) is 9.04. The van der Waals surface area contributed by atoms with E-state index in [0.717, 1.165) is 29.7 Å². The van der Waals surface area contributed by atoms with Crippen LogP contribution in [-0.4, -0.2) is 63.1 Å². The van der Waals surface area contributed by atoms with Crippen molar-refractivity contribution in [2.45, 2.75) is 29.0 Å². The van der Waals surface area contributed by atoms with Gasteiger partial charge in [0.2, 0.25) is 0 Å². The van der Waals surface area contributed by atoms with E-state index in [1.807, 2.05) is 0 Å². The van der Waals surface area contributed by atoms with E-state index in [4.69, 9.17) is 32.7 Å². The maximum Gasteiger partial charge on any atom is 0.433 e. The highest BCUT2D eigenvalue weighted by Gasteiger charge is 2.36. The standard InChI is InChI=1S/C15H7F6N3O2.C8H13ClN2O4S2/c16-14(17,18)8-3-1-7(2-4-8)10-5-11(15(19,20)21)24-12(23-10)9(6-22-24)13(25)26;1-8(3-12,4-13)11-17(14,15)6-2-5(10)7(9)16-6/h1-6H,(H,25,26);2,11-13H,3-4,10H2,1H3. The lowest BCUT2D eigenvalue weighted by Crippen LogP contribution is -2.51. The molecule has 3 aromatic heterocycles. The molecule has 0 aliphatic carbocycles. The van der Waals surface area contributed by atoms with Gasteiger partial charge in [-0.1, -0.05) is 23.7 Å². The highest BCUT2D eigenvalue weighted by atomic mass is 35.5. The Kier molecular flexibility index (Phi) is 9.69. The molecule has 0 amide bonds. The molecule has 20 heteroatoms. The van der Waals surface area contributed by atoms with Gasteiger partial charge in [0, 0.05) is 5.56 Å². The van der Waals surface area contributed by atoms with Gasteiger partial charge in [0.25, 0.3) is 10.0 Å². The molecule has 0 aliphatic rings. The number of fused-ring (bicyclic) bond motifs is 1. The fraction of sp³-hybridized carbons (Fsp3) is 0.261. The number of halogens is 7. The molecule has 6 N–H and O–H groups in total. The number of aromatic nitrogens is 3. The smallest absolute Gasteiger partial charge is 0.433 e. The van der Waals surface area contributed by atoms with Gasteiger partial charge in [-0.15, -0.1) is 11.3 Å². The SMILES string of the molecule is CC(CO)(CO)NS(=O)(=O)c1cc(N)c(Cl)s1.O=C(O)c1cnn2c(C(F)(F)F)cc(-c3ccc(C(F)(F)F)cc3)nc12. The second kappa shape index (κ2) is 12.2. The number of aliphatic hydroxyl groups is 2. The Hall–Kier alpha value is -3.49. The van der Waals surface area contributed by atoms with Crippen LogP contribution in [0.15, 0.2) is 46.8 Å². The quantitative estimate of drug-likeness (QED) is 0.180. The first-order valence-electron chi connectivity index (χ1n) is 11.4. The van der Waals surface area contributed by atoms with E-state index >= 15 is 0 Å². The number of anilines is 1. The van der Waals surface area contributed by atoms with Crippen molar-refractivity contribution in [3.8, 4) is 11.3 Å². The first kappa shape index (κ1) is 34.0. The number of thiophene rings is 1. The van der Waals surface area contributed by atoms with E-state index in [1.54, 1.807) is 0 Å². The van der Waals surface area contributed by atoms with Gasteiger partial charge in [-0.25, -0.2) is 22.7 Å². The topological polar surface area (TPSA) is 180 Å². The lowest BCUT2D eigenvalue weighted by atomic mass is 10.1. The zero-order valence-electron chi connectivity index (χ0n) is 21.4. The Labute approximate surface area is 247 Å². The monoisotopic (exact) mass is 675 g/mol. The summed E-state index contributed by atoms with van der Waals surface area (Å²) in [5.41, 5.74) is 0.515. The van der Waals surface area contributed by atoms with Gasteiger partial charge in [-0.2, -0.15) is 36.2 Å². The number of nitrogens with two attached hydrogens (primary N) is 1. The largest absolute Gasteiger partial charge is 0.477 e. The number of carboxylic acid groups (broad SMARTS) is 1. The lowest BCUT2D eigenvalue weighted by molar-refractivity contribution is -0.142. The van der Waals surface area contributed by atoms with Crippen molar-refractivity contribution in [3.63, 3.8) is 0 Å². The van der Waals surface area contributed by atoms with Crippen LogP contribution >= 0.6 is 22.9 Å². The van der Waals surface area contributed by atoms with E-state index in [0.29, 0.717) is 22.7 Å². The molecule has 0 radical (unpaired) electrons. The van der Waals surface area contributed by atoms with Gasteiger partial charge in [0.15, 0.2) is 11.3 Å². The number of carboxylic acids is 1. The van der Waals surface area contributed by atoms with Gasteiger partial charge in [-0.3, -0.25) is 0 Å². The number of hydrogen-bond acceptors (Lipinski definition) is 9. The Morgan fingerprint density at radius 3 is 2.09 bits per heavy atom. The lowest BCUT2D eigenvalue weighted by Gasteiger charge is -2.25. The first-order chi connectivity index (χ1) is 19.7. The average molecular weight is 676 g/mol. The fourth-order valence-corrected chi connectivity index (χ4v) is 6.23. The molecule has 4 aromatic rings. The number of nitrogens with one attached hydrogen (secondary N) is 1. The van der Waals surface area contributed by atoms with Gasteiger partial charge in [0.05, 0.1) is 41.9 Å². The van der Waals surface area contributed by atoms with E-state index in [1.165, 1.54) is 13.0 Å². The highest BCUT2D eigenvalue weighted by Crippen LogP contribution is 2.35. The van der Waals surface area contributed by atoms with Crippen LogP contribution in [0.2, 0.25) is 4.34 Å². The molecular weight excluding hydrogens is 656 g/mol. The summed E-state index contributed by atoms with van der Waals surface area (Å²) in [6.45, 7) is 0.317. The Morgan fingerprint density at radius 2 is 1.65 bits per heavy atom. The van der Waals surface area contributed by atoms with Crippen LogP contribution in [0, 0.1) is 0 Å². The van der Waals surface area contributed by atoms with E-state index < -0.39 is 69.6 Å². The third-order valence-electron chi connectivity index (χ3n) is 5.53. The molecular formula is C23H20ClF6N5O6S2. The van der Waals surface area contributed by atoms with Crippen molar-refractivity contribution in [2.24, 2.45) is 0 Å². The number of carbonyl (C=O) groups is 1. The number of aromatic carboxylic acids is 1. The van der Waals surface area contributed by atoms with Crippen molar-refractivity contribution in [2.75, 3.05) is 18.9 Å². The molecule has 0 spiro atoms. The molecule has 0 unspecified atom stereocenters. The summed E-state index contributed by atoms with van der Waals surface area (Å²) in [6.07, 6.45) is -8.77. The number of hydrogen-bond donors (Lipinski definition) is 5. The molecule has 0 aliphatic heterocycles. The number of rotatable bonds is 7. The van der Waals surface area contributed by atoms with E-state index in [9.17, 15) is 39.6 Å². The number of nitrogens with zero attached hydrogens (tertiary/aromatic N) is 3. The molecule has 1 aromatic carbocycles. The first-order valence-corrected chi connectivity index (χ1v) is 14.1. The normalized spacial score (nSPS) is 12.7. The van der Waals surface area contributed by atoms with E-state index in [2.05, 4.69) is 14.8 Å². The molecule has 234 valence electrons. The minimum Gasteiger partial charge on any atom is -0.477 e. The van der Waals surface area contributed by atoms with Crippen LogP contribution in [-0.2, 0) is 22.4 Å². The summed E-state index contributed by atoms with van der Waals surface area (Å²) in [4.78, 5) is 15.0. The molecule has 43 heavy (non-hydrogen) atoms. The van der Waals surface area contributed by atoms with Crippen LogP contribution in [0.5, 0.6) is 0 Å². The van der Waals surface area contributed by atoms with Crippen LogP contribution in [0.25, 0.3) is 16.9 Å². The predicted octanol–water partition coefficient (Wildman–Crippen LogP) is 4.14. The minimum atomic E-state index is -4.89. The number of sulfonamides is 1. The maximum absolute atomic E-state index is 13.3. The average Bonchev–Trinajstić information content (AvgIpc) is 3.50. The number of benzene rings is 1. The van der Waals surface area contributed by atoms with Crippen LogP contribution < -0.4 is 10.5 Å². The third kappa shape index (κ3) is 7.73. The zero-order valence-corrected chi connectivity index (χ0v) is 23.8. The van der Waals surface area contributed by atoms with Crippen molar-refractivity contribution in [1.82, 2.24) is 19.3 Å². The highest BCUT2D eigenvalue weighted by molar-refractivity contribution is 7.91. The van der Waals surface area contributed by atoms with Gasteiger partial charge in [0.1, 0.15) is 14.1 Å². The molecule has 0 fully saturated rings. The predicted molar refractivity (Wildman–Crippen MR) is 142 cm³/mol. The second-order valence-electron chi connectivity index (χ2n) is 8.98. The summed E-state index contributed by atoms with van der Waals surface area (Å²) in [5.74, 6) is -1.54. The van der Waals surface area contributed by atoms with Crippen molar-refractivity contribution >= 4 is 50.3 Å². The van der Waals surface area contributed by atoms with Gasteiger partial charge >= 0.3 is 18.3 Å². The maximum atomic E-state index is 13.3. The van der Waals surface area contributed by atoms with Gasteiger partial charge in [-0.05, 0) is 31.2 Å². The van der Waals surface area contributed by atoms with Crippen LogP contribution in [0.3, 0.4) is 0 Å². The zero-order chi connectivity index (χ0) is 32.5. The van der Waals surface area contributed by atoms with Crippen LogP contribution in [0.1, 0.15) is 28.5 Å². The summed E-state index contributed by atoms with van der Waals surface area (Å²) in [6, 6.07) is 5.13. The van der Waals surface area contributed by atoms with Crippen molar-refractivity contribution in [1.29, 1.82) is 0 Å². The van der Waals surface area contributed by atoms with Gasteiger partial charge < -0.3 is 21.1 Å². The summed E-state index contributed by atoms with van der Waals surface area (Å²) in [7, 11) is -3.86. The molecule has 0 saturated heterocycles. The number of alkyl halides is 6. The number of nitrogen functional groups attached to an aromatic ring is 1. The Balaban J connectivity index is 0.000000259. The molecule has 0 bridgehead atoms. The van der Waals surface area contributed by atoms with E-state index in [-0.39, 0.29) is 25.5 Å². The summed E-state index contributed by atoms with van der Waals surface area (Å²) >= 11 is 6.49. The fourth-order valence-electron chi connectivity index (χ4n) is 3.28. The second-order valence-corrected chi connectivity index (χ2v) is 12.5. The Bertz CT molecular complexity index is 1720. The molecule has 3 heterocycles. The summed E-state index contributed by atoms with van der Waals surface area (Å²) < 4.78 is 104. The Morgan fingerprint density at radius 1 is 1.07 bits per heavy atom. The van der Waals surface area contributed by atoms with Crippen molar-refractivity contribution in [3.05, 3.63) is 63.8 Å². The van der Waals surface area contributed by atoms with Crippen molar-refractivity contribution < 1.29 is 54.9 Å². The molecule has 4 rings (SSSR count). The van der Waals surface area contributed by atoms with Crippen LogP contribution in [0.4, 0.5) is 32.0 Å². The number of aliphatic hydroxyl groups excluding tert-OH is 2. The summed E-state index contributed by atoms with van der Waals surface area (Å²) in [5, 5.41) is 30.5.